The standard InChI is InChI=1S/C12H17N3O2/c1-17-8-12(16)15-6-2-3-10(7-15)11-4-5-13-9-14-11/h4-5,9-10H,2-3,6-8H2,1H3/t10-/m0/s1. The highest BCUT2D eigenvalue weighted by molar-refractivity contribution is 5.77. The Balaban J connectivity index is 2.00. The van der Waals surface area contributed by atoms with Crippen LogP contribution in [0.25, 0.3) is 0 Å². The minimum absolute atomic E-state index is 0.0613. The maximum atomic E-state index is 11.7. The Morgan fingerprint density at radius 1 is 1.65 bits per heavy atom. The van der Waals surface area contributed by atoms with Crippen molar-refractivity contribution in [2.75, 3.05) is 26.8 Å². The number of aromatic nitrogens is 2. The number of piperidine rings is 1. The summed E-state index contributed by atoms with van der Waals surface area (Å²) >= 11 is 0. The first-order valence-corrected chi connectivity index (χ1v) is 5.84. The number of nitrogens with zero attached hydrogens (tertiary/aromatic N) is 3. The van der Waals surface area contributed by atoms with Crippen LogP contribution in [0.3, 0.4) is 0 Å². The number of carbonyl (C=O) groups is 1. The van der Waals surface area contributed by atoms with Crippen LogP contribution in [0.1, 0.15) is 24.5 Å². The SMILES string of the molecule is COCC(=O)N1CCC[C@H](c2ccncn2)C1. The Hall–Kier alpha value is -1.49. The van der Waals surface area contributed by atoms with E-state index in [1.165, 1.54) is 0 Å². The van der Waals surface area contributed by atoms with E-state index in [-0.39, 0.29) is 12.5 Å². The molecule has 1 amide bonds. The molecule has 0 N–H and O–H groups in total. The molecular weight excluding hydrogens is 218 g/mol. The maximum Gasteiger partial charge on any atom is 0.248 e. The Morgan fingerprint density at radius 2 is 2.53 bits per heavy atom. The average molecular weight is 235 g/mol. The molecule has 0 unspecified atom stereocenters. The highest BCUT2D eigenvalue weighted by atomic mass is 16.5. The predicted molar refractivity (Wildman–Crippen MR) is 62.5 cm³/mol. The van der Waals surface area contributed by atoms with Crippen LogP contribution in [0.15, 0.2) is 18.6 Å². The summed E-state index contributed by atoms with van der Waals surface area (Å²) in [7, 11) is 1.55. The van der Waals surface area contributed by atoms with Gasteiger partial charge in [-0.1, -0.05) is 0 Å². The molecule has 1 aliphatic rings. The first-order valence-electron chi connectivity index (χ1n) is 5.84. The van der Waals surface area contributed by atoms with Gasteiger partial charge < -0.3 is 9.64 Å². The summed E-state index contributed by atoms with van der Waals surface area (Å²) in [5.74, 6) is 0.388. The smallest absolute Gasteiger partial charge is 0.248 e. The van der Waals surface area contributed by atoms with Crippen molar-refractivity contribution in [2.24, 2.45) is 0 Å². The van der Waals surface area contributed by atoms with Crippen molar-refractivity contribution in [3.63, 3.8) is 0 Å². The first-order chi connectivity index (χ1) is 8.31. The maximum absolute atomic E-state index is 11.7. The van der Waals surface area contributed by atoms with E-state index >= 15 is 0 Å². The van der Waals surface area contributed by atoms with E-state index < -0.39 is 0 Å². The third-order valence-corrected chi connectivity index (χ3v) is 3.07. The van der Waals surface area contributed by atoms with Crippen LogP contribution in [0, 0.1) is 0 Å². The highest BCUT2D eigenvalue weighted by Gasteiger charge is 2.25. The Labute approximate surface area is 101 Å². The summed E-state index contributed by atoms with van der Waals surface area (Å²) in [6, 6.07) is 1.93. The van der Waals surface area contributed by atoms with Crippen LogP contribution in [0.2, 0.25) is 0 Å². The summed E-state index contributed by atoms with van der Waals surface area (Å²) in [6.45, 7) is 1.72. The normalized spacial score (nSPS) is 20.3. The molecule has 0 aliphatic carbocycles. The second kappa shape index (κ2) is 5.72. The molecule has 1 aromatic rings. The zero-order valence-electron chi connectivity index (χ0n) is 10.0. The number of hydrogen-bond acceptors (Lipinski definition) is 4. The van der Waals surface area contributed by atoms with E-state index in [1.807, 2.05) is 11.0 Å². The number of amides is 1. The summed E-state index contributed by atoms with van der Waals surface area (Å²) in [5, 5.41) is 0. The fraction of sp³-hybridized carbons (Fsp3) is 0.583. The number of methoxy groups -OCH3 is 1. The molecule has 1 saturated heterocycles. The highest BCUT2D eigenvalue weighted by Crippen LogP contribution is 2.24. The van der Waals surface area contributed by atoms with Gasteiger partial charge in [0.15, 0.2) is 0 Å². The molecule has 0 saturated carbocycles. The van der Waals surface area contributed by atoms with Gasteiger partial charge in [0, 0.05) is 38.0 Å². The average Bonchev–Trinajstić information content (AvgIpc) is 2.40. The molecule has 0 radical (unpaired) electrons. The van der Waals surface area contributed by atoms with Gasteiger partial charge in [-0.25, -0.2) is 9.97 Å². The predicted octanol–water partition coefficient (Wildman–Crippen LogP) is 0.829. The van der Waals surface area contributed by atoms with Gasteiger partial charge in [0.05, 0.1) is 0 Å². The molecule has 1 aromatic heterocycles. The zero-order valence-corrected chi connectivity index (χ0v) is 10.0. The van der Waals surface area contributed by atoms with Crippen LogP contribution < -0.4 is 0 Å². The molecule has 1 fully saturated rings. The fourth-order valence-electron chi connectivity index (χ4n) is 2.20. The molecule has 5 heteroatoms. The number of carbonyl (C=O) groups excluding carboxylic acids is 1. The lowest BCUT2D eigenvalue weighted by molar-refractivity contribution is -0.136. The Kier molecular flexibility index (Phi) is 4.03. The minimum Gasteiger partial charge on any atom is -0.375 e. The number of likely N-dealkylation sites (tertiary alicyclic amines) is 1. The number of ether oxygens (including phenoxy) is 1. The van der Waals surface area contributed by atoms with Gasteiger partial charge >= 0.3 is 0 Å². The van der Waals surface area contributed by atoms with Crippen molar-refractivity contribution in [1.82, 2.24) is 14.9 Å². The van der Waals surface area contributed by atoms with E-state index in [9.17, 15) is 4.79 Å². The van der Waals surface area contributed by atoms with Crippen LogP contribution in [0.5, 0.6) is 0 Å². The molecule has 5 nitrogen and oxygen atoms in total. The van der Waals surface area contributed by atoms with Crippen molar-refractivity contribution in [3.8, 4) is 0 Å². The zero-order chi connectivity index (χ0) is 12.1. The monoisotopic (exact) mass is 235 g/mol. The van der Waals surface area contributed by atoms with Crippen molar-refractivity contribution in [3.05, 3.63) is 24.3 Å². The second-order valence-corrected chi connectivity index (χ2v) is 4.25. The summed E-state index contributed by atoms with van der Waals surface area (Å²) in [6.07, 6.45) is 5.40. The van der Waals surface area contributed by atoms with E-state index in [0.29, 0.717) is 5.92 Å². The molecule has 2 heterocycles. The van der Waals surface area contributed by atoms with Crippen molar-refractivity contribution >= 4 is 5.91 Å². The van der Waals surface area contributed by atoms with Crippen LogP contribution >= 0.6 is 0 Å². The Bertz CT molecular complexity index is 369. The van der Waals surface area contributed by atoms with Gasteiger partial charge in [-0.3, -0.25) is 4.79 Å². The molecule has 17 heavy (non-hydrogen) atoms. The van der Waals surface area contributed by atoms with E-state index in [4.69, 9.17) is 4.74 Å². The van der Waals surface area contributed by atoms with Crippen LogP contribution in [0.4, 0.5) is 0 Å². The first kappa shape index (κ1) is 12.0. The minimum atomic E-state index is 0.0613. The fourth-order valence-corrected chi connectivity index (χ4v) is 2.20. The molecule has 0 aromatic carbocycles. The molecule has 2 rings (SSSR count). The van der Waals surface area contributed by atoms with Crippen LogP contribution in [-0.4, -0.2) is 47.6 Å². The second-order valence-electron chi connectivity index (χ2n) is 4.25. The molecule has 0 bridgehead atoms. The van der Waals surface area contributed by atoms with Gasteiger partial charge in [0.2, 0.25) is 5.91 Å². The molecule has 92 valence electrons. The summed E-state index contributed by atoms with van der Waals surface area (Å²) < 4.78 is 4.88. The van der Waals surface area contributed by atoms with Crippen molar-refractivity contribution in [2.45, 2.75) is 18.8 Å². The third-order valence-electron chi connectivity index (χ3n) is 3.07. The van der Waals surface area contributed by atoms with Crippen molar-refractivity contribution < 1.29 is 9.53 Å². The van der Waals surface area contributed by atoms with Gasteiger partial charge in [-0.05, 0) is 18.9 Å². The van der Waals surface area contributed by atoms with E-state index in [1.54, 1.807) is 19.6 Å². The topological polar surface area (TPSA) is 55.3 Å². The van der Waals surface area contributed by atoms with Gasteiger partial charge in [-0.2, -0.15) is 0 Å². The third kappa shape index (κ3) is 3.00. The van der Waals surface area contributed by atoms with Crippen LogP contribution in [-0.2, 0) is 9.53 Å². The molecular formula is C12H17N3O2. The quantitative estimate of drug-likeness (QED) is 0.778. The lowest BCUT2D eigenvalue weighted by atomic mass is 9.94. The molecule has 1 aliphatic heterocycles. The van der Waals surface area contributed by atoms with Gasteiger partial charge in [-0.15, -0.1) is 0 Å². The summed E-state index contributed by atoms with van der Waals surface area (Å²) in [4.78, 5) is 21.8. The number of rotatable bonds is 3. The lowest BCUT2D eigenvalue weighted by Gasteiger charge is -2.32. The largest absolute Gasteiger partial charge is 0.375 e. The van der Waals surface area contributed by atoms with Gasteiger partial charge in [0.25, 0.3) is 0 Å². The summed E-state index contributed by atoms with van der Waals surface area (Å²) in [5.41, 5.74) is 1.02. The van der Waals surface area contributed by atoms with Gasteiger partial charge in [0.1, 0.15) is 12.9 Å². The lowest BCUT2D eigenvalue weighted by Crippen LogP contribution is -2.41. The number of hydrogen-bond donors (Lipinski definition) is 0. The Morgan fingerprint density at radius 3 is 3.24 bits per heavy atom. The molecule has 1 atom stereocenters. The van der Waals surface area contributed by atoms with Crippen molar-refractivity contribution in [1.29, 1.82) is 0 Å². The van der Waals surface area contributed by atoms with E-state index in [2.05, 4.69) is 9.97 Å². The van der Waals surface area contributed by atoms with E-state index in [0.717, 1.165) is 31.6 Å². The molecule has 0 spiro atoms.